The van der Waals surface area contributed by atoms with Crippen molar-refractivity contribution in [3.8, 4) is 0 Å². The topological polar surface area (TPSA) is 80.1 Å². The Labute approximate surface area is 202 Å². The van der Waals surface area contributed by atoms with Crippen molar-refractivity contribution in [2.45, 2.75) is 37.9 Å². The third kappa shape index (κ3) is 5.23. The monoisotopic (exact) mass is 483 g/mol. The molecule has 1 unspecified atom stereocenters. The summed E-state index contributed by atoms with van der Waals surface area (Å²) in [6, 6.07) is 12.9. The van der Waals surface area contributed by atoms with Crippen LogP contribution in [0.3, 0.4) is 0 Å². The van der Waals surface area contributed by atoms with Crippen LogP contribution in [0.1, 0.15) is 46.2 Å². The van der Waals surface area contributed by atoms with E-state index in [-0.39, 0.29) is 23.6 Å². The van der Waals surface area contributed by atoms with Crippen molar-refractivity contribution < 1.29 is 9.59 Å². The Hall–Kier alpha value is -2.84. The average Bonchev–Trinajstić information content (AvgIpc) is 3.40. The highest BCUT2D eigenvalue weighted by Crippen LogP contribution is 2.33. The van der Waals surface area contributed by atoms with E-state index in [1.807, 2.05) is 60.7 Å². The maximum atomic E-state index is 13.1. The summed E-state index contributed by atoms with van der Waals surface area (Å²) in [5.41, 5.74) is 3.38. The van der Waals surface area contributed by atoms with Crippen LogP contribution in [0.4, 0.5) is 5.69 Å². The minimum Gasteiger partial charge on any atom is -0.328 e. The Morgan fingerprint density at radius 2 is 2.00 bits per heavy atom. The van der Waals surface area contributed by atoms with Gasteiger partial charge in [-0.05, 0) is 62.6 Å². The smallest absolute Gasteiger partial charge is 0.254 e. The second kappa shape index (κ2) is 9.97. The normalized spacial score (nSPS) is 15.6. The first-order valence-electron chi connectivity index (χ1n) is 10.8. The van der Waals surface area contributed by atoms with Crippen LogP contribution in [0.15, 0.2) is 47.6 Å². The molecule has 1 fully saturated rings. The molecule has 33 heavy (non-hydrogen) atoms. The lowest BCUT2D eigenvalue weighted by molar-refractivity contribution is -0.113. The average molecular weight is 484 g/mol. The molecule has 1 aliphatic rings. The quantitative estimate of drug-likeness (QED) is 0.510. The van der Waals surface area contributed by atoms with E-state index < -0.39 is 0 Å². The largest absolute Gasteiger partial charge is 0.328 e. The van der Waals surface area contributed by atoms with Crippen LogP contribution in [0, 0.1) is 13.8 Å². The molecule has 0 radical (unpaired) electrons. The van der Waals surface area contributed by atoms with Crippen LogP contribution in [-0.4, -0.2) is 43.8 Å². The van der Waals surface area contributed by atoms with E-state index in [1.165, 1.54) is 11.8 Å². The summed E-state index contributed by atoms with van der Waals surface area (Å²) < 4.78 is 1.89. The van der Waals surface area contributed by atoms with Gasteiger partial charge in [-0.25, -0.2) is 0 Å². The number of nitrogens with zero attached hydrogens (tertiary/aromatic N) is 4. The third-order valence-corrected chi connectivity index (χ3v) is 7.00. The van der Waals surface area contributed by atoms with Gasteiger partial charge in [-0.15, -0.1) is 10.2 Å². The molecule has 4 rings (SSSR count). The molecule has 2 amide bonds. The van der Waals surface area contributed by atoms with Crippen LogP contribution < -0.4 is 5.32 Å². The molecule has 1 atom stereocenters. The minimum atomic E-state index is -0.132. The summed E-state index contributed by atoms with van der Waals surface area (Å²) in [7, 11) is 1.88. The number of thioether (sulfide) groups is 1. The summed E-state index contributed by atoms with van der Waals surface area (Å²) >= 11 is 7.30. The molecule has 0 spiro atoms. The van der Waals surface area contributed by atoms with Gasteiger partial charge in [0.05, 0.1) is 11.8 Å². The summed E-state index contributed by atoms with van der Waals surface area (Å²) in [6.45, 7) is 4.57. The van der Waals surface area contributed by atoms with E-state index in [4.69, 9.17) is 11.6 Å². The first-order chi connectivity index (χ1) is 15.8. The number of amides is 2. The molecule has 9 heteroatoms. The van der Waals surface area contributed by atoms with Gasteiger partial charge in [0.1, 0.15) is 0 Å². The lowest BCUT2D eigenvalue weighted by Crippen LogP contribution is -2.32. The van der Waals surface area contributed by atoms with Gasteiger partial charge in [0, 0.05) is 29.9 Å². The van der Waals surface area contributed by atoms with Gasteiger partial charge in [0.2, 0.25) is 5.91 Å². The van der Waals surface area contributed by atoms with Crippen molar-refractivity contribution in [1.29, 1.82) is 0 Å². The SMILES string of the molecule is Cc1cccc(C(=O)N2CCCC2c2nnc(SCC(=O)Nc3ccc(Cl)cc3C)n2C)c1. The van der Waals surface area contributed by atoms with Gasteiger partial charge in [0.15, 0.2) is 11.0 Å². The maximum absolute atomic E-state index is 13.1. The molecule has 1 aromatic heterocycles. The number of rotatable bonds is 6. The Morgan fingerprint density at radius 3 is 2.76 bits per heavy atom. The number of carbonyl (C=O) groups excluding carboxylic acids is 2. The Morgan fingerprint density at radius 1 is 1.18 bits per heavy atom. The molecule has 2 heterocycles. The molecule has 7 nitrogen and oxygen atoms in total. The lowest BCUT2D eigenvalue weighted by Gasteiger charge is -2.24. The van der Waals surface area contributed by atoms with E-state index in [0.717, 1.165) is 35.5 Å². The molecule has 3 aromatic rings. The van der Waals surface area contributed by atoms with Crippen molar-refractivity contribution in [2.75, 3.05) is 17.6 Å². The molecule has 0 aliphatic carbocycles. The fourth-order valence-electron chi connectivity index (χ4n) is 4.05. The van der Waals surface area contributed by atoms with E-state index in [9.17, 15) is 9.59 Å². The second-order valence-electron chi connectivity index (χ2n) is 8.22. The Balaban J connectivity index is 1.42. The van der Waals surface area contributed by atoms with Crippen LogP contribution in [0.2, 0.25) is 5.02 Å². The number of carbonyl (C=O) groups is 2. The number of nitrogens with one attached hydrogen (secondary N) is 1. The molecule has 0 bridgehead atoms. The van der Waals surface area contributed by atoms with Crippen LogP contribution in [0.25, 0.3) is 0 Å². The molecule has 1 aliphatic heterocycles. The zero-order valence-corrected chi connectivity index (χ0v) is 20.4. The summed E-state index contributed by atoms with van der Waals surface area (Å²) in [6.07, 6.45) is 1.75. The van der Waals surface area contributed by atoms with Crippen LogP contribution in [-0.2, 0) is 11.8 Å². The predicted octanol–water partition coefficient (Wildman–Crippen LogP) is 4.79. The summed E-state index contributed by atoms with van der Waals surface area (Å²) in [4.78, 5) is 27.5. The fraction of sp³-hybridized carbons (Fsp3) is 0.333. The third-order valence-electron chi connectivity index (χ3n) is 5.74. The molecule has 0 saturated carbocycles. The number of anilines is 1. The summed E-state index contributed by atoms with van der Waals surface area (Å²) in [5.74, 6) is 0.818. The Kier molecular flexibility index (Phi) is 7.05. The zero-order chi connectivity index (χ0) is 23.5. The fourth-order valence-corrected chi connectivity index (χ4v) is 4.99. The van der Waals surface area contributed by atoms with Crippen molar-refractivity contribution in [3.63, 3.8) is 0 Å². The van der Waals surface area contributed by atoms with Crippen molar-refractivity contribution in [1.82, 2.24) is 19.7 Å². The molecule has 172 valence electrons. The van der Waals surface area contributed by atoms with Crippen LogP contribution >= 0.6 is 23.4 Å². The number of halogens is 1. The highest BCUT2D eigenvalue weighted by atomic mass is 35.5. The van der Waals surface area contributed by atoms with Crippen molar-refractivity contribution >= 4 is 40.9 Å². The lowest BCUT2D eigenvalue weighted by atomic mass is 10.1. The van der Waals surface area contributed by atoms with Gasteiger partial charge in [0.25, 0.3) is 5.91 Å². The van der Waals surface area contributed by atoms with Gasteiger partial charge in [-0.3, -0.25) is 9.59 Å². The zero-order valence-electron chi connectivity index (χ0n) is 18.8. The summed E-state index contributed by atoms with van der Waals surface area (Å²) in [5, 5.41) is 12.8. The number of hydrogen-bond donors (Lipinski definition) is 1. The van der Waals surface area contributed by atoms with Crippen LogP contribution in [0.5, 0.6) is 0 Å². The standard InChI is InChI=1S/C24H26ClN5O2S/c1-15-6-4-7-17(12-15)23(32)30-11-5-8-20(30)22-27-28-24(29(22)3)33-14-21(31)26-19-10-9-18(25)13-16(19)2/h4,6-7,9-10,12-13,20H,5,8,11,14H2,1-3H3,(H,26,31). The maximum Gasteiger partial charge on any atom is 0.254 e. The first kappa shape index (κ1) is 23.3. The van der Waals surface area contributed by atoms with E-state index in [2.05, 4.69) is 15.5 Å². The number of likely N-dealkylation sites (tertiary alicyclic amines) is 1. The number of aromatic nitrogens is 3. The molecule has 2 aromatic carbocycles. The van der Waals surface area contributed by atoms with Gasteiger partial charge < -0.3 is 14.8 Å². The van der Waals surface area contributed by atoms with Crippen molar-refractivity contribution in [2.24, 2.45) is 7.05 Å². The molecule has 1 N–H and O–H groups in total. The van der Waals surface area contributed by atoms with E-state index >= 15 is 0 Å². The molecular formula is C24H26ClN5O2S. The molecule has 1 saturated heterocycles. The number of benzene rings is 2. The van der Waals surface area contributed by atoms with E-state index in [0.29, 0.717) is 22.3 Å². The minimum absolute atomic E-state index is 0.0103. The van der Waals surface area contributed by atoms with Crippen molar-refractivity contribution in [3.05, 3.63) is 70.0 Å². The predicted molar refractivity (Wildman–Crippen MR) is 131 cm³/mol. The van der Waals surface area contributed by atoms with Gasteiger partial charge >= 0.3 is 0 Å². The highest BCUT2D eigenvalue weighted by Gasteiger charge is 2.34. The van der Waals surface area contributed by atoms with Gasteiger partial charge in [-0.2, -0.15) is 0 Å². The first-order valence-corrected chi connectivity index (χ1v) is 12.2. The number of hydrogen-bond acceptors (Lipinski definition) is 5. The molecular weight excluding hydrogens is 458 g/mol. The van der Waals surface area contributed by atoms with E-state index in [1.54, 1.807) is 12.1 Å². The highest BCUT2D eigenvalue weighted by molar-refractivity contribution is 7.99. The second-order valence-corrected chi connectivity index (χ2v) is 9.60. The van der Waals surface area contributed by atoms with Gasteiger partial charge in [-0.1, -0.05) is 41.1 Å². The Bertz CT molecular complexity index is 1200. The number of aryl methyl sites for hydroxylation is 2.